The molecule has 1 heterocycles. The molecule has 0 aliphatic carbocycles. The van der Waals surface area contributed by atoms with Crippen LogP contribution in [0.15, 0.2) is 78.0 Å². The number of hydrogen-bond acceptors (Lipinski definition) is 3. The van der Waals surface area contributed by atoms with Crippen molar-refractivity contribution in [3.05, 3.63) is 95.3 Å². The zero-order valence-corrected chi connectivity index (χ0v) is 16.6. The Bertz CT molecular complexity index is 1120. The summed E-state index contributed by atoms with van der Waals surface area (Å²) < 4.78 is 16.1. The number of halogens is 1. The van der Waals surface area contributed by atoms with Gasteiger partial charge >= 0.3 is 0 Å². The molecule has 4 rings (SSSR count). The first-order valence-corrected chi connectivity index (χ1v) is 10.1. The Morgan fingerprint density at radius 2 is 1.61 bits per heavy atom. The lowest BCUT2D eigenvalue weighted by molar-refractivity contribution is 0.617. The van der Waals surface area contributed by atoms with Gasteiger partial charge in [-0.2, -0.15) is 0 Å². The summed E-state index contributed by atoms with van der Waals surface area (Å²) in [6, 6.07) is 23.3. The largest absolute Gasteiger partial charge is 0.270 e. The van der Waals surface area contributed by atoms with Gasteiger partial charge in [-0.15, -0.1) is 10.2 Å². The van der Waals surface area contributed by atoms with Crippen molar-refractivity contribution in [1.82, 2.24) is 14.8 Å². The normalized spacial score (nSPS) is 11.0. The van der Waals surface area contributed by atoms with Crippen LogP contribution in [0.3, 0.4) is 0 Å². The molecule has 0 spiro atoms. The van der Waals surface area contributed by atoms with Crippen molar-refractivity contribution in [3.63, 3.8) is 0 Å². The van der Waals surface area contributed by atoms with Gasteiger partial charge in [-0.3, -0.25) is 4.57 Å². The molecule has 3 nitrogen and oxygen atoms in total. The summed E-state index contributed by atoms with van der Waals surface area (Å²) in [5.41, 5.74) is 4.98. The Hall–Kier alpha value is -2.92. The number of thioether (sulfide) groups is 1. The Kier molecular flexibility index (Phi) is 5.26. The van der Waals surface area contributed by atoms with Crippen LogP contribution in [0.4, 0.5) is 4.39 Å². The summed E-state index contributed by atoms with van der Waals surface area (Å²) in [5, 5.41) is 9.63. The van der Waals surface area contributed by atoms with Crippen molar-refractivity contribution in [1.29, 1.82) is 0 Å². The Morgan fingerprint density at radius 3 is 2.36 bits per heavy atom. The number of aryl methyl sites for hydroxylation is 2. The van der Waals surface area contributed by atoms with E-state index in [9.17, 15) is 4.39 Å². The van der Waals surface area contributed by atoms with E-state index in [1.807, 2.05) is 34.9 Å². The van der Waals surface area contributed by atoms with Crippen molar-refractivity contribution in [2.24, 2.45) is 0 Å². The highest BCUT2D eigenvalue weighted by Crippen LogP contribution is 2.30. The summed E-state index contributed by atoms with van der Waals surface area (Å²) in [7, 11) is 0. The molecule has 0 N–H and O–H groups in total. The summed E-state index contributed by atoms with van der Waals surface area (Å²) in [4.78, 5) is 0. The summed E-state index contributed by atoms with van der Waals surface area (Å²) in [5.74, 6) is 1.07. The Balaban J connectivity index is 1.77. The van der Waals surface area contributed by atoms with Crippen LogP contribution in [0.1, 0.15) is 16.7 Å². The van der Waals surface area contributed by atoms with Gasteiger partial charge in [-0.25, -0.2) is 4.39 Å². The standard InChI is InChI=1S/C23H20FN3S/c1-16-7-5-10-18(13-16)22-25-26-23(27(22)20-11-6-8-17(2)14-20)28-15-19-9-3-4-12-21(19)24/h3-14H,15H2,1-2H3. The Labute approximate surface area is 168 Å². The minimum absolute atomic E-state index is 0.199. The third kappa shape index (κ3) is 3.85. The summed E-state index contributed by atoms with van der Waals surface area (Å²) in [6.45, 7) is 4.12. The fourth-order valence-electron chi connectivity index (χ4n) is 3.09. The van der Waals surface area contributed by atoms with Gasteiger partial charge in [0.15, 0.2) is 11.0 Å². The van der Waals surface area contributed by atoms with Gasteiger partial charge in [0.1, 0.15) is 5.82 Å². The van der Waals surface area contributed by atoms with Crippen LogP contribution in [-0.4, -0.2) is 14.8 Å². The second kappa shape index (κ2) is 7.98. The lowest BCUT2D eigenvalue weighted by Crippen LogP contribution is -2.00. The zero-order valence-electron chi connectivity index (χ0n) is 15.8. The predicted molar refractivity (Wildman–Crippen MR) is 112 cm³/mol. The number of benzene rings is 3. The van der Waals surface area contributed by atoms with Crippen LogP contribution in [0.25, 0.3) is 17.1 Å². The van der Waals surface area contributed by atoms with Gasteiger partial charge < -0.3 is 0 Å². The van der Waals surface area contributed by atoms with E-state index in [4.69, 9.17) is 0 Å². The summed E-state index contributed by atoms with van der Waals surface area (Å²) in [6.07, 6.45) is 0. The summed E-state index contributed by atoms with van der Waals surface area (Å²) >= 11 is 1.48. The van der Waals surface area contributed by atoms with E-state index >= 15 is 0 Å². The monoisotopic (exact) mass is 389 g/mol. The molecule has 0 bridgehead atoms. The van der Waals surface area contributed by atoms with E-state index in [-0.39, 0.29) is 5.82 Å². The lowest BCUT2D eigenvalue weighted by atomic mass is 10.1. The van der Waals surface area contributed by atoms with Crippen LogP contribution in [-0.2, 0) is 5.75 Å². The number of nitrogens with zero attached hydrogens (tertiary/aromatic N) is 3. The second-order valence-corrected chi connectivity index (χ2v) is 7.67. The third-order valence-electron chi connectivity index (χ3n) is 4.48. The molecule has 0 saturated carbocycles. The highest BCUT2D eigenvalue weighted by molar-refractivity contribution is 7.98. The van der Waals surface area contributed by atoms with E-state index in [0.717, 1.165) is 33.4 Å². The molecule has 5 heteroatoms. The van der Waals surface area contributed by atoms with Crippen molar-refractivity contribution < 1.29 is 4.39 Å². The predicted octanol–water partition coefficient (Wildman–Crippen LogP) is 5.98. The highest BCUT2D eigenvalue weighted by Gasteiger charge is 2.17. The molecule has 3 aromatic carbocycles. The van der Waals surface area contributed by atoms with Gasteiger partial charge in [0.25, 0.3) is 0 Å². The molecule has 28 heavy (non-hydrogen) atoms. The fraction of sp³-hybridized carbons (Fsp3) is 0.130. The molecule has 0 aliphatic rings. The minimum atomic E-state index is -0.199. The molecule has 4 aromatic rings. The van der Waals surface area contributed by atoms with Crippen LogP contribution in [0.2, 0.25) is 0 Å². The van der Waals surface area contributed by atoms with E-state index in [1.54, 1.807) is 12.1 Å². The van der Waals surface area contributed by atoms with Gasteiger partial charge in [-0.05, 0) is 49.2 Å². The molecular weight excluding hydrogens is 369 g/mol. The maximum atomic E-state index is 14.0. The van der Waals surface area contributed by atoms with E-state index in [0.29, 0.717) is 11.3 Å². The molecule has 1 aromatic heterocycles. The molecule has 0 aliphatic heterocycles. The highest BCUT2D eigenvalue weighted by atomic mass is 32.2. The van der Waals surface area contributed by atoms with E-state index in [2.05, 4.69) is 48.3 Å². The first-order chi connectivity index (χ1) is 13.6. The first kappa shape index (κ1) is 18.4. The molecular formula is C23H20FN3S. The fourth-order valence-corrected chi connectivity index (χ4v) is 4.03. The average Bonchev–Trinajstić information content (AvgIpc) is 3.11. The Morgan fingerprint density at radius 1 is 0.857 bits per heavy atom. The van der Waals surface area contributed by atoms with Crippen molar-refractivity contribution >= 4 is 11.8 Å². The molecule has 0 unspecified atom stereocenters. The molecule has 0 saturated heterocycles. The molecule has 140 valence electrons. The average molecular weight is 389 g/mol. The van der Waals surface area contributed by atoms with Crippen molar-refractivity contribution in [3.8, 4) is 17.1 Å². The second-order valence-electron chi connectivity index (χ2n) is 6.73. The van der Waals surface area contributed by atoms with E-state index < -0.39 is 0 Å². The lowest BCUT2D eigenvalue weighted by Gasteiger charge is -2.11. The van der Waals surface area contributed by atoms with Crippen LogP contribution >= 0.6 is 11.8 Å². The van der Waals surface area contributed by atoms with Crippen molar-refractivity contribution in [2.45, 2.75) is 24.8 Å². The van der Waals surface area contributed by atoms with Crippen LogP contribution < -0.4 is 0 Å². The quantitative estimate of drug-likeness (QED) is 0.393. The third-order valence-corrected chi connectivity index (χ3v) is 5.46. The van der Waals surface area contributed by atoms with Gasteiger partial charge in [0.05, 0.1) is 0 Å². The van der Waals surface area contributed by atoms with Gasteiger partial charge in [-0.1, -0.05) is 65.9 Å². The first-order valence-electron chi connectivity index (χ1n) is 9.07. The smallest absolute Gasteiger partial charge is 0.196 e. The number of hydrogen-bond donors (Lipinski definition) is 0. The SMILES string of the molecule is Cc1cccc(-c2nnc(SCc3ccccc3F)n2-c2cccc(C)c2)c1. The molecule has 0 amide bonds. The van der Waals surface area contributed by atoms with Gasteiger partial charge in [0.2, 0.25) is 0 Å². The van der Waals surface area contributed by atoms with Crippen LogP contribution in [0, 0.1) is 19.7 Å². The topological polar surface area (TPSA) is 30.7 Å². The van der Waals surface area contributed by atoms with Crippen molar-refractivity contribution in [2.75, 3.05) is 0 Å². The minimum Gasteiger partial charge on any atom is -0.270 e. The zero-order chi connectivity index (χ0) is 19.5. The van der Waals surface area contributed by atoms with Gasteiger partial charge in [0, 0.05) is 17.0 Å². The molecule has 0 atom stereocenters. The molecule has 0 fully saturated rings. The molecule has 0 radical (unpaired) electrons. The van der Waals surface area contributed by atoms with Crippen LogP contribution in [0.5, 0.6) is 0 Å². The number of rotatable bonds is 5. The maximum Gasteiger partial charge on any atom is 0.196 e. The maximum absolute atomic E-state index is 14.0. The van der Waals surface area contributed by atoms with E-state index in [1.165, 1.54) is 17.8 Å². The number of aromatic nitrogens is 3.